The van der Waals surface area contributed by atoms with Gasteiger partial charge in [-0.15, -0.1) is 11.3 Å². The predicted octanol–water partition coefficient (Wildman–Crippen LogP) is -1.41. The van der Waals surface area contributed by atoms with Crippen LogP contribution in [0.3, 0.4) is 0 Å². The number of rotatable bonds is 4. The van der Waals surface area contributed by atoms with Crippen molar-refractivity contribution in [1.29, 1.82) is 4.78 Å². The lowest BCUT2D eigenvalue weighted by Crippen LogP contribution is -2.34. The molecule has 9 heteroatoms. The molecule has 6 N–H and O–H groups in total. The van der Waals surface area contributed by atoms with Crippen LogP contribution in [0.15, 0.2) is 10.4 Å². The van der Waals surface area contributed by atoms with Crippen LogP contribution < -0.4 is 5.14 Å². The zero-order valence-corrected chi connectivity index (χ0v) is 9.22. The molecular weight excluding hydrogens is 242 g/mol. The van der Waals surface area contributed by atoms with Crippen LogP contribution in [0, 0.1) is 4.78 Å². The van der Waals surface area contributed by atoms with Crippen LogP contribution in [0.25, 0.3) is 0 Å². The van der Waals surface area contributed by atoms with Gasteiger partial charge in [-0.1, -0.05) is 0 Å². The number of nitrogens with one attached hydrogen (secondary N) is 1. The fourth-order valence-corrected chi connectivity index (χ4v) is 2.46. The molecule has 0 aromatic carbocycles. The highest BCUT2D eigenvalue weighted by molar-refractivity contribution is 7.92. The third kappa shape index (κ3) is 2.51. The average Bonchev–Trinajstić information content (AvgIpc) is 2.65. The van der Waals surface area contributed by atoms with Gasteiger partial charge >= 0.3 is 0 Å². The van der Waals surface area contributed by atoms with E-state index in [2.05, 4.69) is 4.98 Å². The van der Waals surface area contributed by atoms with E-state index in [4.69, 9.17) is 20.1 Å². The van der Waals surface area contributed by atoms with Gasteiger partial charge in [0, 0.05) is 0 Å². The van der Waals surface area contributed by atoms with Gasteiger partial charge in [0.2, 0.25) is 0 Å². The smallest absolute Gasteiger partial charge is 0.162 e. The molecule has 86 valence electrons. The monoisotopic (exact) mass is 253 g/mol. The number of hydrogen-bond donors (Lipinski definition) is 5. The molecule has 1 aromatic heterocycles. The summed E-state index contributed by atoms with van der Waals surface area (Å²) in [5.41, 5.74) is -1.88. The fraction of sp³-hybridized carbons (Fsp3) is 0.500. The van der Waals surface area contributed by atoms with Crippen LogP contribution in [-0.2, 0) is 15.5 Å². The van der Waals surface area contributed by atoms with Crippen molar-refractivity contribution >= 4 is 21.3 Å². The van der Waals surface area contributed by atoms with Crippen molar-refractivity contribution in [3.05, 3.63) is 11.2 Å². The van der Waals surface area contributed by atoms with Crippen LogP contribution >= 0.6 is 11.3 Å². The van der Waals surface area contributed by atoms with Gasteiger partial charge in [-0.3, -0.25) is 0 Å². The molecule has 0 fully saturated rings. The first kappa shape index (κ1) is 12.5. The van der Waals surface area contributed by atoms with Crippen LogP contribution in [0.2, 0.25) is 0 Å². The Kier molecular flexibility index (Phi) is 3.43. The Bertz CT molecular complexity index is 437. The van der Waals surface area contributed by atoms with Gasteiger partial charge in [0.25, 0.3) is 0 Å². The Labute approximate surface area is 90.3 Å². The Morgan fingerprint density at radius 3 is 2.47 bits per heavy atom. The molecule has 0 saturated heterocycles. The lowest BCUT2D eigenvalue weighted by atomic mass is 10.1. The molecule has 0 saturated carbocycles. The highest BCUT2D eigenvalue weighted by Gasteiger charge is 2.32. The standard InChI is InChI=1S/C6H11N3O4S2/c7-15(8,13)4-1-9-5(14-4)6(12,2-10)3-11/h1,10-12H,2-3H2,(H3,7,8,13). The molecule has 1 atom stereocenters. The maximum absolute atomic E-state index is 11.1. The van der Waals surface area contributed by atoms with E-state index in [1.807, 2.05) is 0 Å². The van der Waals surface area contributed by atoms with Gasteiger partial charge in [0.1, 0.15) is 19.1 Å². The number of nitrogens with zero attached hydrogens (tertiary/aromatic N) is 1. The summed E-state index contributed by atoms with van der Waals surface area (Å²) in [5, 5.41) is 32.4. The lowest BCUT2D eigenvalue weighted by molar-refractivity contribution is -0.0599. The number of nitrogens with two attached hydrogens (primary N) is 1. The molecule has 0 bridgehead atoms. The van der Waals surface area contributed by atoms with Crippen molar-refractivity contribution in [1.82, 2.24) is 4.98 Å². The van der Waals surface area contributed by atoms with Gasteiger partial charge in [-0.25, -0.2) is 19.1 Å². The third-order valence-corrected chi connectivity index (χ3v) is 4.39. The van der Waals surface area contributed by atoms with E-state index in [0.29, 0.717) is 0 Å². The molecular formula is C6H11N3O4S2. The number of aliphatic hydroxyl groups is 3. The molecule has 1 aromatic rings. The highest BCUT2D eigenvalue weighted by atomic mass is 32.2. The quantitative estimate of drug-likeness (QED) is 0.448. The minimum atomic E-state index is -3.38. The number of aliphatic hydroxyl groups excluding tert-OH is 2. The zero-order chi connectivity index (χ0) is 11.7. The van der Waals surface area contributed by atoms with Gasteiger partial charge in [-0.2, -0.15) is 0 Å². The minimum Gasteiger partial charge on any atom is -0.393 e. The fourth-order valence-electron chi connectivity index (χ4n) is 0.800. The van der Waals surface area contributed by atoms with Crippen LogP contribution in [0.5, 0.6) is 0 Å². The second-order valence-corrected chi connectivity index (χ2v) is 5.86. The Morgan fingerprint density at radius 2 is 2.13 bits per heavy atom. The first-order valence-electron chi connectivity index (χ1n) is 3.80. The second kappa shape index (κ2) is 4.12. The van der Waals surface area contributed by atoms with Crippen molar-refractivity contribution in [2.24, 2.45) is 5.14 Å². The second-order valence-electron chi connectivity index (χ2n) is 2.93. The molecule has 0 aliphatic heterocycles. The van der Waals surface area contributed by atoms with Crippen LogP contribution in [0.1, 0.15) is 5.01 Å². The van der Waals surface area contributed by atoms with Crippen molar-refractivity contribution < 1.29 is 19.5 Å². The summed E-state index contributed by atoms with van der Waals surface area (Å²) in [4.78, 5) is 3.67. The third-order valence-electron chi connectivity index (χ3n) is 1.70. The van der Waals surface area contributed by atoms with Gasteiger partial charge in [0.15, 0.2) is 5.60 Å². The zero-order valence-electron chi connectivity index (χ0n) is 7.58. The number of thiazole rings is 1. The first-order valence-corrected chi connectivity index (χ1v) is 6.24. The minimum absolute atomic E-state index is 0.0159. The van der Waals surface area contributed by atoms with Crippen LogP contribution in [-0.4, -0.2) is 37.7 Å². The van der Waals surface area contributed by atoms with Crippen molar-refractivity contribution in [3.63, 3.8) is 0 Å². The summed E-state index contributed by atoms with van der Waals surface area (Å²) in [5.74, 6) is 0. The summed E-state index contributed by atoms with van der Waals surface area (Å²) in [6, 6.07) is 0. The largest absolute Gasteiger partial charge is 0.393 e. The van der Waals surface area contributed by atoms with Crippen molar-refractivity contribution in [3.8, 4) is 0 Å². The topological polar surface area (TPSA) is 141 Å². The van der Waals surface area contributed by atoms with Crippen LogP contribution in [0.4, 0.5) is 0 Å². The summed E-state index contributed by atoms with van der Waals surface area (Å²) >= 11 is 0.727. The Morgan fingerprint density at radius 1 is 1.60 bits per heavy atom. The first-order chi connectivity index (χ1) is 6.83. The summed E-state index contributed by atoms with van der Waals surface area (Å²) in [6.07, 6.45) is 1.09. The van der Waals surface area contributed by atoms with Crippen molar-refractivity contribution in [2.45, 2.75) is 9.81 Å². The van der Waals surface area contributed by atoms with E-state index in [1.165, 1.54) is 0 Å². The molecule has 1 heterocycles. The molecule has 0 amide bonds. The van der Waals surface area contributed by atoms with E-state index in [1.54, 1.807) is 0 Å². The summed E-state index contributed by atoms with van der Waals surface area (Å²) in [6.45, 7) is -1.44. The van der Waals surface area contributed by atoms with E-state index < -0.39 is 28.7 Å². The normalized spacial score (nSPS) is 16.3. The Hall–Kier alpha value is -0.580. The number of hydrogen-bond acceptors (Lipinski definition) is 7. The summed E-state index contributed by atoms with van der Waals surface area (Å²) in [7, 11) is -3.38. The van der Waals surface area contributed by atoms with E-state index >= 15 is 0 Å². The Balaban J connectivity index is 3.14. The SMILES string of the molecule is N=S(N)(=O)c1cnc(C(O)(CO)CO)s1. The molecule has 0 spiro atoms. The van der Waals surface area contributed by atoms with Gasteiger partial charge < -0.3 is 15.3 Å². The molecule has 1 unspecified atom stereocenters. The summed E-state index contributed by atoms with van der Waals surface area (Å²) < 4.78 is 18.2. The average molecular weight is 253 g/mol. The molecule has 7 nitrogen and oxygen atoms in total. The molecule has 15 heavy (non-hydrogen) atoms. The van der Waals surface area contributed by atoms with E-state index in [0.717, 1.165) is 17.5 Å². The predicted molar refractivity (Wildman–Crippen MR) is 53.5 cm³/mol. The van der Waals surface area contributed by atoms with E-state index in [9.17, 15) is 9.32 Å². The van der Waals surface area contributed by atoms with Gasteiger partial charge in [-0.05, 0) is 0 Å². The number of aromatic nitrogens is 1. The maximum Gasteiger partial charge on any atom is 0.162 e. The van der Waals surface area contributed by atoms with E-state index in [-0.39, 0.29) is 9.22 Å². The molecule has 0 radical (unpaired) electrons. The molecule has 0 aliphatic carbocycles. The highest BCUT2D eigenvalue weighted by Crippen LogP contribution is 2.27. The maximum atomic E-state index is 11.1. The molecule has 0 aliphatic rings. The molecule has 1 rings (SSSR count). The van der Waals surface area contributed by atoms with Gasteiger partial charge in [0.05, 0.1) is 19.4 Å². The van der Waals surface area contributed by atoms with Crippen molar-refractivity contribution in [2.75, 3.05) is 13.2 Å². The lowest BCUT2D eigenvalue weighted by Gasteiger charge is -2.19.